The summed E-state index contributed by atoms with van der Waals surface area (Å²) in [5.41, 5.74) is 1.57. The molecule has 4 nitrogen and oxygen atoms in total. The Bertz CT molecular complexity index is 466. The van der Waals surface area contributed by atoms with Crippen molar-refractivity contribution in [3.8, 4) is 0 Å². The molecule has 1 aromatic rings. The molecular weight excluding hydrogens is 240 g/mol. The van der Waals surface area contributed by atoms with Crippen LogP contribution in [0.15, 0.2) is 24.3 Å². The summed E-state index contributed by atoms with van der Waals surface area (Å²) < 4.78 is 0. The lowest BCUT2D eigenvalue weighted by Crippen LogP contribution is -2.56. The number of nitrogens with zero attached hydrogens (tertiary/aromatic N) is 1. The molecule has 2 rings (SSSR count). The molecule has 1 amide bonds. The third kappa shape index (κ3) is 2.59. The van der Waals surface area contributed by atoms with Gasteiger partial charge in [-0.2, -0.15) is 0 Å². The molecule has 1 saturated carbocycles. The predicted molar refractivity (Wildman–Crippen MR) is 76.3 cm³/mol. The number of nitrogens with one attached hydrogen (secondary N) is 1. The van der Waals surface area contributed by atoms with Gasteiger partial charge in [-0.25, -0.2) is 0 Å². The summed E-state index contributed by atoms with van der Waals surface area (Å²) in [5.74, 6) is 0.00551. The lowest BCUT2D eigenvalue weighted by Gasteiger charge is -2.49. The molecule has 0 radical (unpaired) electrons. The molecule has 0 bridgehead atoms. The summed E-state index contributed by atoms with van der Waals surface area (Å²) in [6.45, 7) is 4.12. The minimum Gasteiger partial charge on any atom is -0.392 e. The maximum absolute atomic E-state index is 11.8. The van der Waals surface area contributed by atoms with E-state index in [1.807, 2.05) is 24.3 Å². The Morgan fingerprint density at radius 1 is 1.32 bits per heavy atom. The van der Waals surface area contributed by atoms with Crippen molar-refractivity contribution in [1.29, 1.82) is 0 Å². The first kappa shape index (κ1) is 13.9. The van der Waals surface area contributed by atoms with E-state index in [2.05, 4.69) is 19.2 Å². The van der Waals surface area contributed by atoms with Crippen LogP contribution in [0, 0.1) is 5.41 Å². The monoisotopic (exact) mass is 262 g/mol. The van der Waals surface area contributed by atoms with Gasteiger partial charge in [0.1, 0.15) is 0 Å². The fraction of sp³-hybridized carbons (Fsp3) is 0.533. The summed E-state index contributed by atoms with van der Waals surface area (Å²) in [4.78, 5) is 13.3. The van der Waals surface area contributed by atoms with Crippen LogP contribution in [0.1, 0.15) is 30.6 Å². The summed E-state index contributed by atoms with van der Waals surface area (Å²) in [6.07, 6.45) is 0.533. The molecule has 2 N–H and O–H groups in total. The average Bonchev–Trinajstić information content (AvgIpc) is 2.38. The second-order valence-electron chi connectivity index (χ2n) is 6.05. The quantitative estimate of drug-likeness (QED) is 0.875. The Hall–Kier alpha value is -1.55. The Morgan fingerprint density at radius 3 is 2.32 bits per heavy atom. The van der Waals surface area contributed by atoms with Crippen LogP contribution >= 0.6 is 0 Å². The van der Waals surface area contributed by atoms with Gasteiger partial charge in [-0.3, -0.25) is 4.79 Å². The van der Waals surface area contributed by atoms with Crippen molar-refractivity contribution >= 4 is 11.6 Å². The van der Waals surface area contributed by atoms with E-state index in [0.29, 0.717) is 5.56 Å². The van der Waals surface area contributed by atoms with E-state index in [9.17, 15) is 9.90 Å². The second-order valence-corrected chi connectivity index (χ2v) is 6.05. The first-order chi connectivity index (χ1) is 8.82. The molecule has 2 atom stereocenters. The van der Waals surface area contributed by atoms with Crippen molar-refractivity contribution in [3.05, 3.63) is 29.8 Å². The topological polar surface area (TPSA) is 52.6 Å². The fourth-order valence-electron chi connectivity index (χ4n) is 2.32. The third-order valence-electron chi connectivity index (χ3n) is 4.09. The summed E-state index contributed by atoms with van der Waals surface area (Å²) in [5, 5.41) is 13.1. The van der Waals surface area contributed by atoms with Gasteiger partial charge in [0.15, 0.2) is 0 Å². The molecule has 19 heavy (non-hydrogen) atoms. The van der Waals surface area contributed by atoms with Gasteiger partial charge in [-0.15, -0.1) is 0 Å². The Kier molecular flexibility index (Phi) is 3.54. The van der Waals surface area contributed by atoms with Crippen LogP contribution < -0.4 is 5.32 Å². The minimum atomic E-state index is -0.236. The first-order valence-electron chi connectivity index (χ1n) is 6.58. The molecule has 1 aliphatic rings. The number of hydrogen-bond donors (Lipinski definition) is 2. The zero-order chi connectivity index (χ0) is 14.2. The number of hydrogen-bond acceptors (Lipinski definition) is 3. The van der Waals surface area contributed by atoms with Crippen molar-refractivity contribution < 1.29 is 9.90 Å². The molecule has 2 unspecified atom stereocenters. The van der Waals surface area contributed by atoms with E-state index >= 15 is 0 Å². The van der Waals surface area contributed by atoms with Crippen molar-refractivity contribution in [2.24, 2.45) is 5.41 Å². The molecule has 0 heterocycles. The van der Waals surface area contributed by atoms with E-state index < -0.39 is 0 Å². The van der Waals surface area contributed by atoms with Gasteiger partial charge in [-0.1, -0.05) is 13.8 Å². The van der Waals surface area contributed by atoms with Crippen LogP contribution in [0.2, 0.25) is 0 Å². The normalized spacial score (nSPS) is 24.5. The molecule has 0 aliphatic heterocycles. The Morgan fingerprint density at radius 2 is 1.89 bits per heavy atom. The first-order valence-corrected chi connectivity index (χ1v) is 6.58. The number of anilines is 1. The van der Waals surface area contributed by atoms with E-state index in [-0.39, 0.29) is 23.5 Å². The Balaban J connectivity index is 2.02. The molecule has 1 aliphatic carbocycles. The highest BCUT2D eigenvalue weighted by Crippen LogP contribution is 2.42. The molecule has 104 valence electrons. The van der Waals surface area contributed by atoms with Gasteiger partial charge in [0, 0.05) is 36.8 Å². The van der Waals surface area contributed by atoms with Crippen LogP contribution in [-0.2, 0) is 0 Å². The maximum atomic E-state index is 11.8. The average molecular weight is 262 g/mol. The van der Waals surface area contributed by atoms with Crippen LogP contribution in [0.3, 0.4) is 0 Å². The number of benzene rings is 1. The minimum absolute atomic E-state index is 0.00551. The number of aliphatic hydroxyl groups excluding tert-OH is 1. The van der Waals surface area contributed by atoms with Gasteiger partial charge in [0.05, 0.1) is 6.10 Å². The predicted octanol–water partition coefficient (Wildman–Crippen LogP) is 1.96. The van der Waals surface area contributed by atoms with Crippen molar-refractivity contribution in [1.82, 2.24) is 4.90 Å². The van der Waals surface area contributed by atoms with Crippen LogP contribution in [0.4, 0.5) is 5.69 Å². The number of rotatable bonds is 3. The maximum Gasteiger partial charge on any atom is 0.253 e. The molecule has 1 fully saturated rings. The van der Waals surface area contributed by atoms with E-state index in [1.54, 1.807) is 19.0 Å². The highest BCUT2D eigenvalue weighted by Gasteiger charge is 2.47. The summed E-state index contributed by atoms with van der Waals surface area (Å²) in [7, 11) is 3.49. The van der Waals surface area contributed by atoms with Gasteiger partial charge < -0.3 is 15.3 Å². The van der Waals surface area contributed by atoms with E-state index in [0.717, 1.165) is 12.1 Å². The zero-order valence-electron chi connectivity index (χ0n) is 12.0. The van der Waals surface area contributed by atoms with Crippen molar-refractivity contribution in [2.75, 3.05) is 19.4 Å². The number of carbonyl (C=O) groups excluding carboxylic acids is 1. The van der Waals surface area contributed by atoms with E-state index in [1.165, 1.54) is 0 Å². The molecule has 0 aromatic heterocycles. The Labute approximate surface area is 114 Å². The number of amides is 1. The van der Waals surface area contributed by atoms with Crippen LogP contribution in [-0.4, -0.2) is 42.2 Å². The highest BCUT2D eigenvalue weighted by molar-refractivity contribution is 5.94. The van der Waals surface area contributed by atoms with Gasteiger partial charge in [0.25, 0.3) is 5.91 Å². The van der Waals surface area contributed by atoms with Crippen molar-refractivity contribution in [3.63, 3.8) is 0 Å². The van der Waals surface area contributed by atoms with E-state index in [4.69, 9.17) is 0 Å². The van der Waals surface area contributed by atoms with Crippen LogP contribution in [0.5, 0.6) is 0 Å². The summed E-state index contributed by atoms with van der Waals surface area (Å²) in [6, 6.07) is 7.76. The largest absolute Gasteiger partial charge is 0.392 e. The number of aliphatic hydroxyl groups is 1. The van der Waals surface area contributed by atoms with Gasteiger partial charge >= 0.3 is 0 Å². The second kappa shape index (κ2) is 4.85. The van der Waals surface area contributed by atoms with Gasteiger partial charge in [-0.05, 0) is 30.7 Å². The highest BCUT2D eigenvalue weighted by atomic mass is 16.3. The third-order valence-corrected chi connectivity index (χ3v) is 4.09. The zero-order valence-corrected chi connectivity index (χ0v) is 12.0. The SMILES string of the molecule is CN(C)C(=O)c1ccc(NC2CC(O)C2(C)C)cc1. The van der Waals surface area contributed by atoms with Crippen LogP contribution in [0.25, 0.3) is 0 Å². The fourth-order valence-corrected chi connectivity index (χ4v) is 2.32. The smallest absolute Gasteiger partial charge is 0.253 e. The number of carbonyl (C=O) groups is 1. The standard InChI is InChI=1S/C15H22N2O2/c1-15(2)12(9-13(15)18)16-11-7-5-10(6-8-11)14(19)17(3)4/h5-8,12-13,16,18H,9H2,1-4H3. The molecule has 0 spiro atoms. The van der Waals surface area contributed by atoms with Gasteiger partial charge in [0.2, 0.25) is 0 Å². The molecular formula is C15H22N2O2. The summed E-state index contributed by atoms with van der Waals surface area (Å²) >= 11 is 0. The molecule has 1 aromatic carbocycles. The molecule has 4 heteroatoms. The molecule has 0 saturated heterocycles. The van der Waals surface area contributed by atoms with Crippen molar-refractivity contribution in [2.45, 2.75) is 32.4 Å². The lowest BCUT2D eigenvalue weighted by molar-refractivity contribution is -0.0510. The lowest BCUT2D eigenvalue weighted by atomic mass is 9.64.